The van der Waals surface area contributed by atoms with Crippen LogP contribution in [0, 0.1) is 11.8 Å². The molecule has 4 heteroatoms. The average molecular weight is 249 g/mol. The number of halogens is 1. The summed E-state index contributed by atoms with van der Waals surface area (Å²) < 4.78 is 0. The van der Waals surface area contributed by atoms with Crippen LogP contribution in [-0.4, -0.2) is 49.3 Å². The van der Waals surface area contributed by atoms with Gasteiger partial charge in [0.05, 0.1) is 6.10 Å². The highest BCUT2D eigenvalue weighted by molar-refractivity contribution is 5.85. The molecular formula is C12H25ClN2O. The van der Waals surface area contributed by atoms with Gasteiger partial charge in [-0.05, 0) is 57.7 Å². The molecule has 0 spiro atoms. The summed E-state index contributed by atoms with van der Waals surface area (Å²) in [7, 11) is 2.22. The minimum absolute atomic E-state index is 0. The quantitative estimate of drug-likeness (QED) is 0.783. The molecule has 2 aliphatic rings. The molecular weight excluding hydrogens is 224 g/mol. The van der Waals surface area contributed by atoms with Crippen molar-refractivity contribution in [2.24, 2.45) is 11.8 Å². The van der Waals surface area contributed by atoms with Gasteiger partial charge in [-0.1, -0.05) is 0 Å². The van der Waals surface area contributed by atoms with Gasteiger partial charge in [0.2, 0.25) is 0 Å². The zero-order valence-corrected chi connectivity index (χ0v) is 11.0. The van der Waals surface area contributed by atoms with Gasteiger partial charge in [0.1, 0.15) is 0 Å². The Morgan fingerprint density at radius 1 is 1.25 bits per heavy atom. The Morgan fingerprint density at radius 3 is 2.50 bits per heavy atom. The second kappa shape index (κ2) is 6.80. The maximum atomic E-state index is 9.22. The van der Waals surface area contributed by atoms with Gasteiger partial charge >= 0.3 is 0 Å². The highest BCUT2D eigenvalue weighted by Crippen LogP contribution is 2.27. The number of piperidine rings is 1. The minimum atomic E-state index is -0.000234. The molecule has 3 nitrogen and oxygen atoms in total. The van der Waals surface area contributed by atoms with Crippen LogP contribution in [-0.2, 0) is 0 Å². The van der Waals surface area contributed by atoms with Crippen LogP contribution in [0.5, 0.6) is 0 Å². The summed E-state index contributed by atoms with van der Waals surface area (Å²) in [5.74, 6) is 1.59. The SMILES string of the molecule is CN(CC1CCCNC1)CC1CC(O)C1.Cl. The Labute approximate surface area is 105 Å². The van der Waals surface area contributed by atoms with Crippen molar-refractivity contribution < 1.29 is 5.11 Å². The fourth-order valence-corrected chi connectivity index (χ4v) is 2.89. The van der Waals surface area contributed by atoms with Gasteiger partial charge in [-0.15, -0.1) is 12.4 Å². The number of hydrogen-bond acceptors (Lipinski definition) is 3. The van der Waals surface area contributed by atoms with Gasteiger partial charge < -0.3 is 15.3 Å². The van der Waals surface area contributed by atoms with Crippen LogP contribution < -0.4 is 5.32 Å². The van der Waals surface area contributed by atoms with E-state index in [4.69, 9.17) is 0 Å². The summed E-state index contributed by atoms with van der Waals surface area (Å²) in [5, 5.41) is 12.7. The lowest BCUT2D eigenvalue weighted by atomic mass is 9.82. The van der Waals surface area contributed by atoms with Crippen LogP contribution in [0.2, 0.25) is 0 Å². The molecule has 1 saturated carbocycles. The monoisotopic (exact) mass is 248 g/mol. The van der Waals surface area contributed by atoms with E-state index < -0.39 is 0 Å². The van der Waals surface area contributed by atoms with E-state index in [1.165, 1.54) is 39.0 Å². The van der Waals surface area contributed by atoms with E-state index in [0.29, 0.717) is 0 Å². The summed E-state index contributed by atoms with van der Waals surface area (Å²) in [6.45, 7) is 4.79. The largest absolute Gasteiger partial charge is 0.393 e. The normalized spacial score (nSPS) is 34.3. The number of aliphatic hydroxyl groups excluding tert-OH is 1. The highest BCUT2D eigenvalue weighted by atomic mass is 35.5. The summed E-state index contributed by atoms with van der Waals surface area (Å²) in [5.41, 5.74) is 0. The Balaban J connectivity index is 0.00000128. The first kappa shape index (κ1) is 14.2. The number of aliphatic hydroxyl groups is 1. The van der Waals surface area contributed by atoms with Crippen molar-refractivity contribution in [1.82, 2.24) is 10.2 Å². The zero-order valence-electron chi connectivity index (χ0n) is 10.2. The van der Waals surface area contributed by atoms with Crippen molar-refractivity contribution in [1.29, 1.82) is 0 Å². The van der Waals surface area contributed by atoms with Gasteiger partial charge in [0.15, 0.2) is 0 Å². The van der Waals surface area contributed by atoms with E-state index in [1.807, 2.05) is 0 Å². The van der Waals surface area contributed by atoms with Gasteiger partial charge in [-0.3, -0.25) is 0 Å². The van der Waals surface area contributed by atoms with Crippen LogP contribution in [0.3, 0.4) is 0 Å². The van der Waals surface area contributed by atoms with Crippen molar-refractivity contribution >= 4 is 12.4 Å². The van der Waals surface area contributed by atoms with Crippen molar-refractivity contribution in [3.63, 3.8) is 0 Å². The molecule has 1 saturated heterocycles. The molecule has 0 aromatic carbocycles. The molecule has 0 radical (unpaired) electrons. The maximum Gasteiger partial charge on any atom is 0.0546 e. The third kappa shape index (κ3) is 4.21. The maximum absolute atomic E-state index is 9.22. The van der Waals surface area contributed by atoms with E-state index in [9.17, 15) is 5.11 Å². The van der Waals surface area contributed by atoms with Gasteiger partial charge in [0, 0.05) is 13.1 Å². The minimum Gasteiger partial charge on any atom is -0.393 e. The number of nitrogens with zero attached hydrogens (tertiary/aromatic N) is 1. The van der Waals surface area contributed by atoms with Gasteiger partial charge in [0.25, 0.3) is 0 Å². The lowest BCUT2D eigenvalue weighted by Crippen LogP contribution is -2.41. The van der Waals surface area contributed by atoms with Crippen molar-refractivity contribution in [3.05, 3.63) is 0 Å². The second-order valence-corrected chi connectivity index (χ2v) is 5.42. The number of hydrogen-bond donors (Lipinski definition) is 2. The Kier molecular flexibility index (Phi) is 6.05. The molecule has 1 atom stereocenters. The summed E-state index contributed by atoms with van der Waals surface area (Å²) in [6, 6.07) is 0. The first-order chi connectivity index (χ1) is 7.24. The van der Waals surface area contributed by atoms with E-state index in [0.717, 1.165) is 24.7 Å². The standard InChI is InChI=1S/C12H24N2O.ClH/c1-14(9-11-5-12(15)6-11)8-10-3-2-4-13-7-10;/h10-13,15H,2-9H2,1H3;1H. The molecule has 0 aromatic heterocycles. The predicted molar refractivity (Wildman–Crippen MR) is 69.1 cm³/mol. The van der Waals surface area contributed by atoms with Crippen LogP contribution in [0.25, 0.3) is 0 Å². The predicted octanol–water partition coefficient (Wildman–Crippen LogP) is 1.11. The van der Waals surface area contributed by atoms with E-state index in [2.05, 4.69) is 17.3 Å². The molecule has 2 rings (SSSR count). The van der Waals surface area contributed by atoms with Crippen molar-refractivity contribution in [2.75, 3.05) is 33.2 Å². The Morgan fingerprint density at radius 2 is 1.94 bits per heavy atom. The van der Waals surface area contributed by atoms with Crippen LogP contribution in [0.15, 0.2) is 0 Å². The molecule has 1 unspecified atom stereocenters. The lowest BCUT2D eigenvalue weighted by Gasteiger charge is -2.36. The third-order valence-electron chi connectivity index (χ3n) is 3.75. The van der Waals surface area contributed by atoms with Crippen LogP contribution in [0.1, 0.15) is 25.7 Å². The van der Waals surface area contributed by atoms with Gasteiger partial charge in [-0.2, -0.15) is 0 Å². The number of nitrogens with one attached hydrogen (secondary N) is 1. The Hall–Kier alpha value is 0.170. The van der Waals surface area contributed by atoms with E-state index in [1.54, 1.807) is 0 Å². The molecule has 2 fully saturated rings. The molecule has 96 valence electrons. The summed E-state index contributed by atoms with van der Waals surface area (Å²) in [4.78, 5) is 2.45. The molecule has 1 heterocycles. The highest BCUT2D eigenvalue weighted by Gasteiger charge is 2.28. The fraction of sp³-hybridized carbons (Fsp3) is 1.00. The van der Waals surface area contributed by atoms with Crippen LogP contribution >= 0.6 is 12.4 Å². The molecule has 16 heavy (non-hydrogen) atoms. The fourth-order valence-electron chi connectivity index (χ4n) is 2.89. The Bertz CT molecular complexity index is 191. The zero-order chi connectivity index (χ0) is 10.7. The van der Waals surface area contributed by atoms with Gasteiger partial charge in [-0.25, -0.2) is 0 Å². The third-order valence-corrected chi connectivity index (χ3v) is 3.75. The molecule has 0 bridgehead atoms. The van der Waals surface area contributed by atoms with E-state index in [-0.39, 0.29) is 18.5 Å². The van der Waals surface area contributed by atoms with Crippen molar-refractivity contribution in [2.45, 2.75) is 31.8 Å². The first-order valence-electron chi connectivity index (χ1n) is 6.31. The molecule has 0 amide bonds. The molecule has 0 aromatic rings. The average Bonchev–Trinajstić information content (AvgIpc) is 2.17. The molecule has 1 aliphatic heterocycles. The van der Waals surface area contributed by atoms with Crippen LogP contribution in [0.4, 0.5) is 0 Å². The number of rotatable bonds is 4. The smallest absolute Gasteiger partial charge is 0.0546 e. The lowest BCUT2D eigenvalue weighted by molar-refractivity contribution is 0.0259. The topological polar surface area (TPSA) is 35.5 Å². The van der Waals surface area contributed by atoms with Crippen molar-refractivity contribution in [3.8, 4) is 0 Å². The molecule has 2 N–H and O–H groups in total. The van der Waals surface area contributed by atoms with E-state index >= 15 is 0 Å². The first-order valence-corrected chi connectivity index (χ1v) is 6.31. The summed E-state index contributed by atoms with van der Waals surface area (Å²) >= 11 is 0. The summed E-state index contributed by atoms with van der Waals surface area (Å²) in [6.07, 6.45) is 4.76. The second-order valence-electron chi connectivity index (χ2n) is 5.42. The molecule has 1 aliphatic carbocycles.